The Morgan fingerprint density at radius 3 is 2.33 bits per heavy atom. The molecular weight excluding hydrogens is 685 g/mol. The Kier molecular flexibility index (Phi) is 10.2. The van der Waals surface area contributed by atoms with Crippen LogP contribution in [0.5, 0.6) is 11.6 Å². The van der Waals surface area contributed by atoms with Crippen molar-refractivity contribution in [2.45, 2.75) is 115 Å². The van der Waals surface area contributed by atoms with Gasteiger partial charge in [-0.25, -0.2) is 22.6 Å². The summed E-state index contributed by atoms with van der Waals surface area (Å²) in [7, 11) is -2.54. The lowest BCUT2D eigenvalue weighted by Crippen LogP contribution is -2.60. The fourth-order valence-electron chi connectivity index (χ4n) is 6.49. The summed E-state index contributed by atoms with van der Waals surface area (Å²) < 4.78 is 59.4. The standard InChI is InChI=1S/C35H48FN5O9S/c1-9-19-17-35(19,31(44)40-51(46,47)21-10-11-21)39-28(42)24-16-20(49-29-23-12-13-25(48-8)26(36)22(23)14-15-37-29)18-41(24)30(43)27(33(2,3)4)38-32(45)50-34(5,6)7/h12-15,19-21,24,27H,9-11,16-18H2,1-8H3,(H,38,45)(H,39,42)(H,40,44)/t19-,20-,24+,27-,35-/m1/s1. The predicted octanol–water partition coefficient (Wildman–Crippen LogP) is 3.56. The number of sulfonamides is 1. The van der Waals surface area contributed by atoms with Crippen LogP contribution in [0.2, 0.25) is 0 Å². The minimum Gasteiger partial charge on any atom is -0.494 e. The summed E-state index contributed by atoms with van der Waals surface area (Å²) in [5.41, 5.74) is -3.17. The topological polar surface area (TPSA) is 182 Å². The molecule has 2 saturated carbocycles. The number of rotatable bonds is 11. The highest BCUT2D eigenvalue weighted by atomic mass is 32.2. The first-order valence-corrected chi connectivity index (χ1v) is 18.7. The van der Waals surface area contributed by atoms with E-state index in [0.29, 0.717) is 24.6 Å². The van der Waals surface area contributed by atoms with Gasteiger partial charge in [-0.2, -0.15) is 0 Å². The number of halogens is 1. The Morgan fingerprint density at radius 1 is 1.08 bits per heavy atom. The summed E-state index contributed by atoms with van der Waals surface area (Å²) in [5.74, 6) is -2.92. The maximum atomic E-state index is 15.1. The Hall–Kier alpha value is -4.21. The highest BCUT2D eigenvalue weighted by Gasteiger charge is 2.62. The van der Waals surface area contributed by atoms with Gasteiger partial charge in [0, 0.05) is 23.4 Å². The number of amides is 4. The number of methoxy groups -OCH3 is 1. The van der Waals surface area contributed by atoms with Crippen LogP contribution in [0.15, 0.2) is 24.4 Å². The molecule has 2 aromatic rings. The Bertz CT molecular complexity index is 1820. The number of hydrogen-bond donors (Lipinski definition) is 3. The van der Waals surface area contributed by atoms with Crippen LogP contribution in [0.1, 0.15) is 80.6 Å². The molecule has 2 heterocycles. The number of fused-ring (bicyclic) bond motifs is 1. The van der Waals surface area contributed by atoms with Crippen molar-refractivity contribution in [1.29, 1.82) is 0 Å². The predicted molar refractivity (Wildman–Crippen MR) is 185 cm³/mol. The van der Waals surface area contributed by atoms with Gasteiger partial charge in [0.15, 0.2) is 11.6 Å². The fraction of sp³-hybridized carbons (Fsp3) is 0.629. The lowest BCUT2D eigenvalue weighted by atomic mass is 9.85. The minimum absolute atomic E-state index is 0.0353. The molecule has 3 aliphatic rings. The van der Waals surface area contributed by atoms with Crippen molar-refractivity contribution in [3.63, 3.8) is 0 Å². The van der Waals surface area contributed by atoms with Gasteiger partial charge in [-0.1, -0.05) is 34.1 Å². The number of benzene rings is 1. The van der Waals surface area contributed by atoms with E-state index in [9.17, 15) is 27.6 Å². The first-order chi connectivity index (χ1) is 23.7. The molecule has 0 radical (unpaired) electrons. The van der Waals surface area contributed by atoms with Crippen LogP contribution < -0.4 is 24.8 Å². The maximum absolute atomic E-state index is 15.1. The van der Waals surface area contributed by atoms with Crippen LogP contribution in [0, 0.1) is 17.2 Å². The molecule has 5 atom stereocenters. The summed E-state index contributed by atoms with van der Waals surface area (Å²) in [4.78, 5) is 60.6. The van der Waals surface area contributed by atoms with Crippen molar-refractivity contribution in [3.8, 4) is 11.6 Å². The number of nitrogens with zero attached hydrogens (tertiary/aromatic N) is 2. The summed E-state index contributed by atoms with van der Waals surface area (Å²) in [6.45, 7) is 12.0. The number of likely N-dealkylation sites (tertiary alicyclic amines) is 1. The van der Waals surface area contributed by atoms with Crippen molar-refractivity contribution < 1.29 is 46.2 Å². The first kappa shape index (κ1) is 38.0. The zero-order valence-corrected chi connectivity index (χ0v) is 31.1. The molecule has 0 bridgehead atoms. The quantitative estimate of drug-likeness (QED) is 0.309. The molecule has 51 heavy (non-hydrogen) atoms. The van der Waals surface area contributed by atoms with Gasteiger partial charge in [0.25, 0.3) is 5.91 Å². The fourth-order valence-corrected chi connectivity index (χ4v) is 7.86. The zero-order valence-electron chi connectivity index (χ0n) is 30.3. The van der Waals surface area contributed by atoms with Crippen molar-refractivity contribution >= 4 is 44.6 Å². The van der Waals surface area contributed by atoms with Crippen LogP contribution in [-0.4, -0.2) is 90.3 Å². The minimum atomic E-state index is -3.89. The van der Waals surface area contributed by atoms with Gasteiger partial charge in [-0.05, 0) is 69.6 Å². The number of alkyl carbamates (subject to hydrolysis) is 1. The molecule has 0 unspecified atom stereocenters. The SMILES string of the molecule is CC[C@@H]1C[C@]1(NC(=O)[C@@H]1C[C@@H](Oc2nccc3c(F)c(OC)ccc23)CN1C(=O)[C@@H](NC(=O)OC(C)(C)C)C(C)(C)C)C(=O)NS(=O)(=O)C1CC1. The van der Waals surface area contributed by atoms with E-state index >= 15 is 4.39 Å². The normalized spacial score (nSPS) is 24.0. The van der Waals surface area contributed by atoms with Crippen LogP contribution in [0.3, 0.4) is 0 Å². The van der Waals surface area contributed by atoms with E-state index in [1.807, 2.05) is 6.92 Å². The van der Waals surface area contributed by atoms with Crippen molar-refractivity contribution in [1.82, 2.24) is 25.2 Å². The van der Waals surface area contributed by atoms with E-state index in [0.717, 1.165) is 0 Å². The first-order valence-electron chi connectivity index (χ1n) is 17.2. The third-order valence-electron chi connectivity index (χ3n) is 9.48. The summed E-state index contributed by atoms with van der Waals surface area (Å²) >= 11 is 0. The van der Waals surface area contributed by atoms with E-state index in [4.69, 9.17) is 14.2 Å². The number of nitrogens with one attached hydrogen (secondary N) is 3. The number of carbonyl (C=O) groups is 4. The summed E-state index contributed by atoms with van der Waals surface area (Å²) in [6, 6.07) is 2.17. The van der Waals surface area contributed by atoms with Gasteiger partial charge >= 0.3 is 6.09 Å². The van der Waals surface area contributed by atoms with E-state index in [1.54, 1.807) is 47.6 Å². The van der Waals surface area contributed by atoms with Gasteiger partial charge in [0.1, 0.15) is 29.3 Å². The van der Waals surface area contributed by atoms with Crippen LogP contribution in [0.25, 0.3) is 10.8 Å². The van der Waals surface area contributed by atoms with Crippen molar-refractivity contribution in [3.05, 3.63) is 30.2 Å². The molecule has 14 nitrogen and oxygen atoms in total. The van der Waals surface area contributed by atoms with Crippen molar-refractivity contribution in [2.24, 2.45) is 11.3 Å². The average molecular weight is 734 g/mol. The van der Waals surface area contributed by atoms with Gasteiger partial charge in [-0.3, -0.25) is 19.1 Å². The molecule has 5 rings (SSSR count). The molecule has 0 spiro atoms. The third kappa shape index (κ3) is 8.15. The second-order valence-corrected chi connectivity index (χ2v) is 17.6. The van der Waals surface area contributed by atoms with E-state index < -0.39 is 79.6 Å². The van der Waals surface area contributed by atoms with Crippen LogP contribution in [0.4, 0.5) is 9.18 Å². The van der Waals surface area contributed by atoms with E-state index in [1.165, 1.54) is 30.3 Å². The molecule has 280 valence electrons. The average Bonchev–Trinajstić information content (AvgIpc) is 3.95. The highest BCUT2D eigenvalue weighted by molar-refractivity contribution is 7.91. The lowest BCUT2D eigenvalue weighted by molar-refractivity contribution is -0.143. The van der Waals surface area contributed by atoms with Crippen LogP contribution >= 0.6 is 0 Å². The molecule has 1 aliphatic heterocycles. The summed E-state index contributed by atoms with van der Waals surface area (Å²) in [5, 5.41) is 5.38. The highest BCUT2D eigenvalue weighted by Crippen LogP contribution is 2.47. The van der Waals surface area contributed by atoms with Gasteiger partial charge < -0.3 is 29.7 Å². The summed E-state index contributed by atoms with van der Waals surface area (Å²) in [6.07, 6.45) is 1.31. The van der Waals surface area contributed by atoms with Crippen molar-refractivity contribution in [2.75, 3.05) is 13.7 Å². The largest absolute Gasteiger partial charge is 0.494 e. The Balaban J connectivity index is 1.45. The van der Waals surface area contributed by atoms with Gasteiger partial charge in [-0.15, -0.1) is 0 Å². The second kappa shape index (κ2) is 13.7. The monoisotopic (exact) mass is 733 g/mol. The molecule has 1 saturated heterocycles. The zero-order chi connectivity index (χ0) is 37.7. The molecule has 1 aromatic carbocycles. The molecule has 1 aromatic heterocycles. The Labute approximate surface area is 297 Å². The molecular formula is C35H48FN5O9S. The Morgan fingerprint density at radius 2 is 1.76 bits per heavy atom. The third-order valence-corrected chi connectivity index (χ3v) is 11.3. The van der Waals surface area contributed by atoms with E-state index in [2.05, 4.69) is 20.3 Å². The molecule has 4 amide bonds. The maximum Gasteiger partial charge on any atom is 0.408 e. The number of aromatic nitrogens is 1. The van der Waals surface area contributed by atoms with Gasteiger partial charge in [0.05, 0.1) is 18.9 Å². The number of pyridine rings is 1. The molecule has 2 aliphatic carbocycles. The van der Waals surface area contributed by atoms with Crippen LogP contribution in [-0.2, 0) is 29.1 Å². The second-order valence-electron chi connectivity index (χ2n) is 15.7. The molecule has 16 heteroatoms. The lowest BCUT2D eigenvalue weighted by Gasteiger charge is -2.36. The number of ether oxygens (including phenoxy) is 3. The van der Waals surface area contributed by atoms with Gasteiger partial charge in [0.2, 0.25) is 27.7 Å². The van der Waals surface area contributed by atoms with E-state index in [-0.39, 0.29) is 42.3 Å². The smallest absolute Gasteiger partial charge is 0.408 e. The number of hydrogen-bond acceptors (Lipinski definition) is 10. The molecule has 3 N–H and O–H groups in total. The molecule has 3 fully saturated rings. The number of carbonyl (C=O) groups excluding carboxylic acids is 4.